The van der Waals surface area contributed by atoms with Crippen LogP contribution in [0.5, 0.6) is 5.75 Å². The molecule has 6 nitrogen and oxygen atoms in total. The third-order valence-electron chi connectivity index (χ3n) is 4.11. The molecule has 0 fully saturated rings. The van der Waals surface area contributed by atoms with E-state index in [9.17, 15) is 9.90 Å². The fourth-order valence-electron chi connectivity index (χ4n) is 3.01. The number of hydrogen-bond acceptors (Lipinski definition) is 5. The van der Waals surface area contributed by atoms with E-state index in [1.165, 1.54) is 11.8 Å². The molecule has 0 spiro atoms. The summed E-state index contributed by atoms with van der Waals surface area (Å²) in [7, 11) is 0. The molecule has 0 saturated carbocycles. The largest absolute Gasteiger partial charge is 0.508 e. The molecule has 26 heavy (non-hydrogen) atoms. The maximum Gasteiger partial charge on any atom is 0.325 e. The van der Waals surface area contributed by atoms with Crippen LogP contribution in [-0.2, 0) is 0 Å². The molecule has 1 aliphatic heterocycles. The number of benzene rings is 2. The van der Waals surface area contributed by atoms with Gasteiger partial charge in [-0.3, -0.25) is 9.78 Å². The van der Waals surface area contributed by atoms with Crippen molar-refractivity contribution in [2.24, 2.45) is 0 Å². The van der Waals surface area contributed by atoms with Crippen molar-refractivity contribution in [3.05, 3.63) is 77.1 Å². The third-order valence-corrected chi connectivity index (χ3v) is 4.97. The number of aromatic hydroxyl groups is 1. The molecule has 130 valence electrons. The van der Waals surface area contributed by atoms with Crippen LogP contribution < -0.4 is 15.6 Å². The Labute approximate surface area is 154 Å². The summed E-state index contributed by atoms with van der Waals surface area (Å²) in [5.41, 5.74) is 2.72. The van der Waals surface area contributed by atoms with E-state index in [0.29, 0.717) is 16.6 Å². The topological polar surface area (TPSA) is 81.9 Å². The molecule has 1 aromatic heterocycles. The first-order valence-electron chi connectivity index (χ1n) is 8.12. The summed E-state index contributed by atoms with van der Waals surface area (Å²) in [6.45, 7) is 3.70. The lowest BCUT2D eigenvalue weighted by Gasteiger charge is -2.22. The lowest BCUT2D eigenvalue weighted by atomic mass is 10.0. The fourth-order valence-corrected chi connectivity index (χ4v) is 3.60. The minimum Gasteiger partial charge on any atom is -0.508 e. The van der Waals surface area contributed by atoms with E-state index in [0.717, 1.165) is 16.8 Å². The zero-order chi connectivity index (χ0) is 18.1. The van der Waals surface area contributed by atoms with Gasteiger partial charge in [-0.1, -0.05) is 36.0 Å². The maximum absolute atomic E-state index is 12.8. The van der Waals surface area contributed by atoms with Gasteiger partial charge in [0.05, 0.1) is 11.3 Å². The summed E-state index contributed by atoms with van der Waals surface area (Å²) in [5, 5.41) is 18.4. The number of aromatic amines is 1. The van der Waals surface area contributed by atoms with Gasteiger partial charge in [0.15, 0.2) is 0 Å². The Morgan fingerprint density at radius 1 is 1.27 bits per heavy atom. The smallest absolute Gasteiger partial charge is 0.325 e. The van der Waals surface area contributed by atoms with Crippen molar-refractivity contribution in [2.75, 3.05) is 11.1 Å². The highest BCUT2D eigenvalue weighted by Crippen LogP contribution is 2.32. The van der Waals surface area contributed by atoms with Crippen LogP contribution in [0, 0.1) is 0 Å². The summed E-state index contributed by atoms with van der Waals surface area (Å²) in [6.07, 6.45) is 1.35. The molecule has 1 aliphatic rings. The highest BCUT2D eigenvalue weighted by atomic mass is 32.2. The zero-order valence-corrected chi connectivity index (χ0v) is 14.7. The van der Waals surface area contributed by atoms with E-state index < -0.39 is 6.17 Å². The van der Waals surface area contributed by atoms with Crippen LogP contribution in [0.15, 0.2) is 71.1 Å². The lowest BCUT2D eigenvalue weighted by molar-refractivity contribution is -0.759. The highest BCUT2D eigenvalue weighted by molar-refractivity contribution is 7.99. The number of hydrogen-bond donors (Lipinski definition) is 3. The molecule has 2 aromatic carbocycles. The molecular formula is C19H17N4O2S+. The third kappa shape index (κ3) is 2.86. The Morgan fingerprint density at radius 3 is 2.92 bits per heavy atom. The zero-order valence-electron chi connectivity index (χ0n) is 13.8. The standard InChI is InChI=1S/C19H16N4O2S/c1-2-10-26-19-21-18(25)16-14-8-3-4-9-15(14)20-17(23(16)22-19)12-6-5-7-13(24)11-12/h2-9,11,17H,1,10H2,(H2,21,22,24,25)/p+1/t17-/m1/s1. The van der Waals surface area contributed by atoms with Crippen LogP contribution in [0.3, 0.4) is 0 Å². The average Bonchev–Trinajstić information content (AvgIpc) is 2.65. The van der Waals surface area contributed by atoms with Gasteiger partial charge in [0.1, 0.15) is 5.75 Å². The van der Waals surface area contributed by atoms with Crippen molar-refractivity contribution >= 4 is 17.4 Å². The summed E-state index contributed by atoms with van der Waals surface area (Å²) in [5.74, 6) is 0.805. The first-order chi connectivity index (χ1) is 12.7. The van der Waals surface area contributed by atoms with Crippen molar-refractivity contribution in [3.8, 4) is 17.0 Å². The quantitative estimate of drug-likeness (QED) is 0.376. The Balaban J connectivity index is 1.93. The molecule has 1 atom stereocenters. The molecule has 3 N–H and O–H groups in total. The number of thioether (sulfide) groups is 1. The van der Waals surface area contributed by atoms with Crippen LogP contribution in [0.2, 0.25) is 0 Å². The molecule has 3 aromatic rings. The lowest BCUT2D eigenvalue weighted by Crippen LogP contribution is -2.55. The number of fused-ring (bicyclic) bond motifs is 3. The number of phenolic OH excluding ortho intramolecular Hbond substituents is 1. The SMILES string of the molecule is C=CCSc1n[n+]2c(c(=O)[nH]1)-c1ccccc1N[C@H]2c1cccc(O)c1. The number of H-pyrrole nitrogens is 1. The van der Waals surface area contributed by atoms with E-state index in [1.807, 2.05) is 30.3 Å². The molecule has 0 unspecified atom stereocenters. The summed E-state index contributed by atoms with van der Waals surface area (Å²) in [4.78, 5) is 15.7. The van der Waals surface area contributed by atoms with Crippen LogP contribution in [0.1, 0.15) is 11.7 Å². The second kappa shape index (κ2) is 6.68. The number of aromatic nitrogens is 3. The molecule has 0 bridgehead atoms. The summed E-state index contributed by atoms with van der Waals surface area (Å²) < 4.78 is 1.68. The highest BCUT2D eigenvalue weighted by Gasteiger charge is 2.37. The van der Waals surface area contributed by atoms with E-state index in [2.05, 4.69) is 22.0 Å². The van der Waals surface area contributed by atoms with Gasteiger partial charge in [0.2, 0.25) is 5.16 Å². The molecule has 2 heterocycles. The minimum absolute atomic E-state index is 0.163. The molecule has 0 aliphatic carbocycles. The van der Waals surface area contributed by atoms with Crippen LogP contribution >= 0.6 is 11.8 Å². The number of nitrogens with one attached hydrogen (secondary N) is 2. The predicted molar refractivity (Wildman–Crippen MR) is 101 cm³/mol. The first kappa shape index (κ1) is 16.4. The second-order valence-corrected chi connectivity index (χ2v) is 6.85. The minimum atomic E-state index is -0.405. The van der Waals surface area contributed by atoms with Crippen LogP contribution in [-0.4, -0.2) is 20.9 Å². The van der Waals surface area contributed by atoms with Gasteiger partial charge in [-0.25, -0.2) is 0 Å². The molecule has 0 amide bonds. The Bertz CT molecular complexity index is 1050. The van der Waals surface area contributed by atoms with E-state index >= 15 is 0 Å². The van der Waals surface area contributed by atoms with Gasteiger partial charge in [0, 0.05) is 16.4 Å². The number of anilines is 1. The number of phenols is 1. The van der Waals surface area contributed by atoms with E-state index in [4.69, 9.17) is 0 Å². The monoisotopic (exact) mass is 365 g/mol. The molecule has 0 radical (unpaired) electrons. The van der Waals surface area contributed by atoms with Crippen molar-refractivity contribution < 1.29 is 9.79 Å². The van der Waals surface area contributed by atoms with Gasteiger partial charge in [0.25, 0.3) is 6.17 Å². The Hall–Kier alpha value is -3.06. The van der Waals surface area contributed by atoms with Crippen molar-refractivity contribution in [1.29, 1.82) is 0 Å². The van der Waals surface area contributed by atoms with Crippen molar-refractivity contribution in [2.45, 2.75) is 11.3 Å². The van der Waals surface area contributed by atoms with Crippen molar-refractivity contribution in [3.63, 3.8) is 0 Å². The predicted octanol–water partition coefficient (Wildman–Crippen LogP) is 2.68. The van der Waals surface area contributed by atoms with Crippen molar-refractivity contribution in [1.82, 2.24) is 10.1 Å². The van der Waals surface area contributed by atoms with Gasteiger partial charge in [-0.2, -0.15) is 0 Å². The Morgan fingerprint density at radius 2 is 2.12 bits per heavy atom. The van der Waals surface area contributed by atoms with Gasteiger partial charge < -0.3 is 10.4 Å². The fraction of sp³-hybridized carbons (Fsp3) is 0.105. The summed E-state index contributed by atoms with van der Waals surface area (Å²) in [6, 6.07) is 14.6. The van der Waals surface area contributed by atoms with E-state index in [-0.39, 0.29) is 11.3 Å². The second-order valence-electron chi connectivity index (χ2n) is 5.84. The summed E-state index contributed by atoms with van der Waals surface area (Å²) >= 11 is 1.41. The number of rotatable bonds is 4. The van der Waals surface area contributed by atoms with Gasteiger partial charge >= 0.3 is 11.3 Å². The van der Waals surface area contributed by atoms with Gasteiger partial charge in [-0.05, 0) is 35.0 Å². The first-order valence-corrected chi connectivity index (χ1v) is 9.10. The molecular weight excluding hydrogens is 348 g/mol. The maximum atomic E-state index is 12.8. The molecule has 7 heteroatoms. The number of para-hydroxylation sites is 1. The Kier molecular flexibility index (Phi) is 4.22. The molecule has 4 rings (SSSR count). The normalized spacial score (nSPS) is 14.8. The van der Waals surface area contributed by atoms with Crippen LogP contribution in [0.25, 0.3) is 11.3 Å². The number of nitrogens with zero attached hydrogens (tertiary/aromatic N) is 2. The average molecular weight is 365 g/mol. The van der Waals surface area contributed by atoms with Gasteiger partial charge in [-0.15, -0.1) is 6.58 Å². The molecule has 0 saturated heterocycles. The van der Waals surface area contributed by atoms with E-state index in [1.54, 1.807) is 29.0 Å². The van der Waals surface area contributed by atoms with Crippen LogP contribution in [0.4, 0.5) is 5.69 Å².